The average Bonchev–Trinajstić information content (AvgIpc) is 2.72. The maximum Gasteiger partial charge on any atom is 0.377 e. The lowest BCUT2D eigenvalue weighted by Crippen LogP contribution is -2.70. The Morgan fingerprint density at radius 3 is 2.57 bits per heavy atom. The molecule has 23 heavy (non-hydrogen) atoms. The van der Waals surface area contributed by atoms with Gasteiger partial charge in [0.25, 0.3) is 0 Å². The predicted molar refractivity (Wildman–Crippen MR) is 92.9 cm³/mol. The van der Waals surface area contributed by atoms with E-state index < -0.39 is 18.8 Å². The number of hydrogen-bond acceptors (Lipinski definition) is 3. The van der Waals surface area contributed by atoms with Crippen LogP contribution in [0, 0.1) is 0 Å². The minimum Gasteiger partial charge on any atom is -0.437 e. The van der Waals surface area contributed by atoms with Gasteiger partial charge in [0.2, 0.25) is 0 Å². The average molecular weight is 318 g/mol. The van der Waals surface area contributed by atoms with Crippen molar-refractivity contribution in [2.75, 3.05) is 7.05 Å². The summed E-state index contributed by atoms with van der Waals surface area (Å²) in [6.45, 7) is 6.69. The summed E-state index contributed by atoms with van der Waals surface area (Å²) in [6.07, 6.45) is 1.56. The van der Waals surface area contributed by atoms with Crippen molar-refractivity contribution in [1.29, 1.82) is 0 Å². The molecule has 1 aromatic rings. The standard InChI is InChI=1S/C18H28BFN2O/c1-17-10-11-18(2,22(17)19(3)23)16(20)15(12-17)21(4)13-14-8-6-5-7-9-14/h5-9,15-16,23H,10-13H2,1-4H3/t15-,16-,17-,18+/m1/s1. The van der Waals surface area contributed by atoms with Gasteiger partial charge < -0.3 is 9.83 Å². The summed E-state index contributed by atoms with van der Waals surface area (Å²) in [6, 6.07) is 10.1. The maximum atomic E-state index is 15.5. The summed E-state index contributed by atoms with van der Waals surface area (Å²) in [7, 11) is 1.42. The van der Waals surface area contributed by atoms with Crippen LogP contribution < -0.4 is 0 Å². The molecule has 2 aliphatic heterocycles. The first-order valence-corrected chi connectivity index (χ1v) is 8.64. The second-order valence-electron chi connectivity index (χ2n) is 7.93. The number of alkyl halides is 1. The van der Waals surface area contributed by atoms with E-state index in [0.29, 0.717) is 0 Å². The SMILES string of the molecule is CB(O)N1[C@]2(C)CC[C@@]1(C)[C@H](F)[C@H](N(C)Cc1ccccc1)C2. The lowest BCUT2D eigenvalue weighted by molar-refractivity contribution is -0.0511. The van der Waals surface area contributed by atoms with Crippen molar-refractivity contribution in [2.45, 2.75) is 69.8 Å². The lowest BCUT2D eigenvalue weighted by atomic mass is 9.69. The smallest absolute Gasteiger partial charge is 0.377 e. The molecule has 4 atom stereocenters. The number of hydrogen-bond donors (Lipinski definition) is 1. The third-order valence-corrected chi connectivity index (χ3v) is 6.10. The van der Waals surface area contributed by atoms with E-state index in [1.54, 1.807) is 6.82 Å². The van der Waals surface area contributed by atoms with Crippen molar-refractivity contribution < 1.29 is 9.41 Å². The zero-order valence-electron chi connectivity index (χ0n) is 14.7. The molecule has 1 aromatic carbocycles. The van der Waals surface area contributed by atoms with E-state index in [1.807, 2.05) is 37.0 Å². The molecule has 3 rings (SSSR count). The number of rotatable bonds is 4. The van der Waals surface area contributed by atoms with Crippen molar-refractivity contribution >= 4 is 7.05 Å². The molecule has 0 aromatic heterocycles. The highest BCUT2D eigenvalue weighted by Crippen LogP contribution is 2.52. The first kappa shape index (κ1) is 16.9. The maximum absolute atomic E-state index is 15.5. The summed E-state index contributed by atoms with van der Waals surface area (Å²) in [5, 5.41) is 10.2. The van der Waals surface area contributed by atoms with Gasteiger partial charge in [-0.05, 0) is 52.5 Å². The van der Waals surface area contributed by atoms with Gasteiger partial charge in [-0.25, -0.2) is 4.39 Å². The van der Waals surface area contributed by atoms with Crippen molar-refractivity contribution in [2.24, 2.45) is 0 Å². The molecule has 0 saturated carbocycles. The van der Waals surface area contributed by atoms with E-state index in [4.69, 9.17) is 0 Å². The van der Waals surface area contributed by atoms with Gasteiger partial charge in [-0.2, -0.15) is 0 Å². The molecule has 0 spiro atoms. The molecule has 2 heterocycles. The van der Waals surface area contributed by atoms with Crippen molar-refractivity contribution in [3.05, 3.63) is 35.9 Å². The number of benzene rings is 1. The molecule has 0 radical (unpaired) electrons. The summed E-state index contributed by atoms with van der Waals surface area (Å²) >= 11 is 0. The third-order valence-electron chi connectivity index (χ3n) is 6.10. The second kappa shape index (κ2) is 5.87. The molecule has 2 saturated heterocycles. The van der Waals surface area contributed by atoms with Gasteiger partial charge >= 0.3 is 7.05 Å². The minimum atomic E-state index is -0.957. The fraction of sp³-hybridized carbons (Fsp3) is 0.667. The molecule has 5 heteroatoms. The highest BCUT2D eigenvalue weighted by Gasteiger charge is 2.62. The predicted octanol–water partition coefficient (Wildman–Crippen LogP) is 2.95. The van der Waals surface area contributed by atoms with Crippen LogP contribution in [-0.2, 0) is 6.54 Å². The molecule has 2 bridgehead atoms. The van der Waals surface area contributed by atoms with Gasteiger partial charge in [0.15, 0.2) is 0 Å². The Morgan fingerprint density at radius 1 is 1.30 bits per heavy atom. The largest absolute Gasteiger partial charge is 0.437 e. The van der Waals surface area contributed by atoms with E-state index >= 15 is 4.39 Å². The van der Waals surface area contributed by atoms with E-state index in [9.17, 15) is 5.02 Å². The fourth-order valence-corrected chi connectivity index (χ4v) is 5.07. The highest BCUT2D eigenvalue weighted by atomic mass is 19.1. The molecular formula is C18H28BFN2O. The molecule has 2 fully saturated rings. The van der Waals surface area contributed by atoms with Gasteiger partial charge in [0, 0.05) is 23.7 Å². The Bertz CT molecular complexity index is 557. The van der Waals surface area contributed by atoms with Gasteiger partial charge in [-0.15, -0.1) is 0 Å². The summed E-state index contributed by atoms with van der Waals surface area (Å²) in [5.41, 5.74) is 0.514. The van der Waals surface area contributed by atoms with Crippen molar-refractivity contribution in [1.82, 2.24) is 9.71 Å². The topological polar surface area (TPSA) is 26.7 Å². The molecule has 126 valence electrons. The van der Waals surface area contributed by atoms with Crippen LogP contribution in [0.4, 0.5) is 4.39 Å². The van der Waals surface area contributed by atoms with Crippen molar-refractivity contribution in [3.63, 3.8) is 0 Å². The van der Waals surface area contributed by atoms with E-state index in [-0.39, 0.29) is 11.6 Å². The minimum absolute atomic E-state index is 0.109. The van der Waals surface area contributed by atoms with Crippen LogP contribution in [0.25, 0.3) is 0 Å². The molecule has 0 aliphatic carbocycles. The zero-order chi connectivity index (χ0) is 16.8. The summed E-state index contributed by atoms with van der Waals surface area (Å²) in [4.78, 5) is 4.18. The monoisotopic (exact) mass is 318 g/mol. The van der Waals surface area contributed by atoms with Gasteiger partial charge in [-0.1, -0.05) is 30.3 Å². The van der Waals surface area contributed by atoms with Crippen LogP contribution >= 0.6 is 0 Å². The summed E-state index contributed by atoms with van der Waals surface area (Å²) in [5.74, 6) is 0. The van der Waals surface area contributed by atoms with Gasteiger partial charge in [0.1, 0.15) is 6.17 Å². The Morgan fingerprint density at radius 2 is 1.96 bits per heavy atom. The number of nitrogens with zero attached hydrogens (tertiary/aromatic N) is 2. The first-order valence-electron chi connectivity index (χ1n) is 8.64. The Balaban J connectivity index is 1.83. The second-order valence-corrected chi connectivity index (χ2v) is 7.93. The van der Waals surface area contributed by atoms with E-state index in [2.05, 4.69) is 24.0 Å². The normalized spacial score (nSPS) is 37.3. The van der Waals surface area contributed by atoms with Crippen LogP contribution in [0.3, 0.4) is 0 Å². The van der Waals surface area contributed by atoms with E-state index in [1.165, 1.54) is 5.56 Å². The zero-order valence-corrected chi connectivity index (χ0v) is 14.7. The third kappa shape index (κ3) is 2.73. The number of halogens is 1. The van der Waals surface area contributed by atoms with Crippen molar-refractivity contribution in [3.8, 4) is 0 Å². The molecule has 3 nitrogen and oxygen atoms in total. The van der Waals surface area contributed by atoms with Gasteiger partial charge in [0.05, 0.1) is 0 Å². The molecule has 1 N–H and O–H groups in total. The van der Waals surface area contributed by atoms with Gasteiger partial charge in [-0.3, -0.25) is 4.90 Å². The van der Waals surface area contributed by atoms with Crippen LogP contribution in [0.5, 0.6) is 0 Å². The summed E-state index contributed by atoms with van der Waals surface area (Å²) < 4.78 is 15.5. The Labute approximate surface area is 139 Å². The van der Waals surface area contributed by atoms with Crippen LogP contribution in [0.2, 0.25) is 6.82 Å². The van der Waals surface area contributed by atoms with Crippen LogP contribution in [0.1, 0.15) is 38.7 Å². The number of piperidine rings is 1. The first-order chi connectivity index (χ1) is 10.8. The van der Waals surface area contributed by atoms with Crippen LogP contribution in [0.15, 0.2) is 30.3 Å². The molecule has 0 unspecified atom stereocenters. The Hall–Kier alpha value is -0.905. The number of fused-ring (bicyclic) bond motifs is 2. The fourth-order valence-electron chi connectivity index (χ4n) is 5.07. The molecular weight excluding hydrogens is 290 g/mol. The van der Waals surface area contributed by atoms with E-state index in [0.717, 1.165) is 25.8 Å². The quantitative estimate of drug-likeness (QED) is 0.865. The highest BCUT2D eigenvalue weighted by molar-refractivity contribution is 6.46. The molecule has 0 amide bonds. The van der Waals surface area contributed by atoms with Crippen LogP contribution in [-0.4, -0.2) is 52.1 Å². The Kier molecular flexibility index (Phi) is 4.32. The lowest BCUT2D eigenvalue weighted by Gasteiger charge is -2.55. The molecule has 2 aliphatic rings.